The third-order valence-electron chi connectivity index (χ3n) is 5.50. The molecule has 0 radical (unpaired) electrons. The standard InChI is InChI=1S/C28H25N3O4/c1-3-5-23(15-27(33)34-4-2)21-10-12-26(13-11-21)35-18-25-14-24(16-31-28(25)29-19-30-31)22-8-6-20(17-32)7-9-22/h6-14,16-17,19,23H,4,15,18H2,1-2H3/t23-/m0/s1. The van der Waals surface area contributed by atoms with Gasteiger partial charge in [0.1, 0.15) is 25.0 Å². The lowest BCUT2D eigenvalue weighted by atomic mass is 9.96. The Bertz CT molecular complexity index is 1380. The SMILES string of the molecule is CC#C[C@@H](CC(=O)OCC)c1ccc(OCc2cc(-c3ccc(C=O)cc3)cn3ncnc23)cc1. The van der Waals surface area contributed by atoms with Crippen LogP contribution in [0.1, 0.15) is 47.7 Å². The fourth-order valence-electron chi connectivity index (χ4n) is 3.78. The summed E-state index contributed by atoms with van der Waals surface area (Å²) in [4.78, 5) is 27.3. The maximum absolute atomic E-state index is 11.9. The Morgan fingerprint density at radius 3 is 2.57 bits per heavy atom. The van der Waals surface area contributed by atoms with E-state index in [1.807, 2.05) is 48.7 Å². The minimum absolute atomic E-state index is 0.209. The van der Waals surface area contributed by atoms with Crippen molar-refractivity contribution in [2.24, 2.45) is 0 Å². The molecular formula is C28H25N3O4. The molecule has 0 spiro atoms. The number of carbonyl (C=O) groups excluding carboxylic acids is 2. The first-order valence-electron chi connectivity index (χ1n) is 11.3. The van der Waals surface area contributed by atoms with E-state index in [-0.39, 0.29) is 18.3 Å². The maximum atomic E-state index is 11.9. The van der Waals surface area contributed by atoms with Crippen LogP contribution in [-0.2, 0) is 16.1 Å². The minimum Gasteiger partial charge on any atom is -0.489 e. The zero-order chi connectivity index (χ0) is 24.6. The van der Waals surface area contributed by atoms with Crippen molar-refractivity contribution in [2.75, 3.05) is 6.61 Å². The highest BCUT2D eigenvalue weighted by molar-refractivity contribution is 5.77. The van der Waals surface area contributed by atoms with E-state index in [1.165, 1.54) is 6.33 Å². The van der Waals surface area contributed by atoms with E-state index in [0.29, 0.717) is 30.2 Å². The summed E-state index contributed by atoms with van der Waals surface area (Å²) >= 11 is 0. The summed E-state index contributed by atoms with van der Waals surface area (Å²) in [7, 11) is 0. The van der Waals surface area contributed by atoms with Crippen LogP contribution in [0.25, 0.3) is 16.8 Å². The molecule has 0 unspecified atom stereocenters. The maximum Gasteiger partial charge on any atom is 0.307 e. The summed E-state index contributed by atoms with van der Waals surface area (Å²) in [6.07, 6.45) is 4.43. The molecule has 0 fully saturated rings. The summed E-state index contributed by atoms with van der Waals surface area (Å²) in [6, 6.07) is 17.0. The molecule has 176 valence electrons. The van der Waals surface area contributed by atoms with Gasteiger partial charge < -0.3 is 9.47 Å². The molecule has 2 heterocycles. The number of benzene rings is 2. The van der Waals surface area contributed by atoms with Gasteiger partial charge in [-0.25, -0.2) is 9.50 Å². The minimum atomic E-state index is -0.265. The number of carbonyl (C=O) groups is 2. The Labute approximate surface area is 203 Å². The van der Waals surface area contributed by atoms with E-state index in [2.05, 4.69) is 21.9 Å². The zero-order valence-electron chi connectivity index (χ0n) is 19.6. The summed E-state index contributed by atoms with van der Waals surface area (Å²) < 4.78 is 12.8. The quantitative estimate of drug-likeness (QED) is 0.199. The van der Waals surface area contributed by atoms with E-state index in [0.717, 1.165) is 28.5 Å². The van der Waals surface area contributed by atoms with E-state index in [9.17, 15) is 9.59 Å². The Kier molecular flexibility index (Phi) is 7.53. The molecule has 0 aliphatic rings. The van der Waals surface area contributed by atoms with Crippen molar-refractivity contribution in [1.29, 1.82) is 0 Å². The van der Waals surface area contributed by atoms with Gasteiger partial charge in [0.05, 0.1) is 18.9 Å². The number of ether oxygens (including phenoxy) is 2. The van der Waals surface area contributed by atoms with Crippen molar-refractivity contribution < 1.29 is 19.1 Å². The third kappa shape index (κ3) is 5.74. The topological polar surface area (TPSA) is 82.8 Å². The number of aromatic nitrogens is 3. The van der Waals surface area contributed by atoms with Gasteiger partial charge in [-0.3, -0.25) is 9.59 Å². The summed E-state index contributed by atoms with van der Waals surface area (Å²) in [5, 5.41) is 4.28. The van der Waals surface area contributed by atoms with Gasteiger partial charge in [-0.05, 0) is 43.2 Å². The first kappa shape index (κ1) is 23.7. The van der Waals surface area contributed by atoms with Gasteiger partial charge in [0.15, 0.2) is 5.65 Å². The molecule has 0 saturated carbocycles. The van der Waals surface area contributed by atoms with Gasteiger partial charge in [-0.15, -0.1) is 5.92 Å². The lowest BCUT2D eigenvalue weighted by Gasteiger charge is -2.13. The summed E-state index contributed by atoms with van der Waals surface area (Å²) in [5.74, 6) is 6.17. The molecule has 35 heavy (non-hydrogen) atoms. The Hall–Kier alpha value is -4.44. The van der Waals surface area contributed by atoms with E-state index in [4.69, 9.17) is 9.47 Å². The molecule has 7 heteroatoms. The largest absolute Gasteiger partial charge is 0.489 e. The van der Waals surface area contributed by atoms with Crippen LogP contribution in [-0.4, -0.2) is 33.5 Å². The predicted molar refractivity (Wildman–Crippen MR) is 132 cm³/mol. The van der Waals surface area contributed by atoms with Gasteiger partial charge in [0.25, 0.3) is 0 Å². The molecular weight excluding hydrogens is 442 g/mol. The second-order valence-electron chi connectivity index (χ2n) is 7.84. The number of aldehydes is 1. The van der Waals surface area contributed by atoms with Crippen molar-refractivity contribution in [3.8, 4) is 28.7 Å². The van der Waals surface area contributed by atoms with Gasteiger partial charge in [-0.2, -0.15) is 5.10 Å². The summed E-state index contributed by atoms with van der Waals surface area (Å²) in [5.41, 5.74) is 5.04. The molecule has 0 amide bonds. The normalized spacial score (nSPS) is 11.4. The zero-order valence-corrected chi connectivity index (χ0v) is 19.6. The Morgan fingerprint density at radius 2 is 1.89 bits per heavy atom. The van der Waals surface area contributed by atoms with E-state index >= 15 is 0 Å². The van der Waals surface area contributed by atoms with Crippen molar-refractivity contribution in [1.82, 2.24) is 14.6 Å². The fourth-order valence-corrected chi connectivity index (χ4v) is 3.78. The highest BCUT2D eigenvalue weighted by atomic mass is 16.5. The molecule has 0 aliphatic carbocycles. The fraction of sp³-hybridized carbons (Fsp3) is 0.214. The van der Waals surface area contributed by atoms with Crippen molar-refractivity contribution >= 4 is 17.9 Å². The number of nitrogens with zero attached hydrogens (tertiary/aromatic N) is 3. The number of hydrogen-bond donors (Lipinski definition) is 0. The lowest BCUT2D eigenvalue weighted by Crippen LogP contribution is -2.09. The predicted octanol–water partition coefficient (Wildman–Crippen LogP) is 4.85. The summed E-state index contributed by atoms with van der Waals surface area (Å²) in [6.45, 7) is 4.19. The van der Waals surface area contributed by atoms with Crippen LogP contribution < -0.4 is 4.74 Å². The molecule has 1 atom stereocenters. The van der Waals surface area contributed by atoms with Crippen LogP contribution in [0.2, 0.25) is 0 Å². The first-order chi connectivity index (χ1) is 17.1. The number of pyridine rings is 1. The number of hydrogen-bond acceptors (Lipinski definition) is 6. The van der Waals surface area contributed by atoms with Crippen molar-refractivity contribution in [3.05, 3.63) is 83.8 Å². The highest BCUT2D eigenvalue weighted by Crippen LogP contribution is 2.26. The van der Waals surface area contributed by atoms with E-state index < -0.39 is 0 Å². The molecule has 0 bridgehead atoms. The molecule has 4 aromatic rings. The molecule has 0 aliphatic heterocycles. The second-order valence-corrected chi connectivity index (χ2v) is 7.84. The molecule has 0 saturated heterocycles. The molecule has 4 rings (SSSR count). The van der Waals surface area contributed by atoms with Gasteiger partial charge >= 0.3 is 5.97 Å². The average Bonchev–Trinajstić information content (AvgIpc) is 3.36. The van der Waals surface area contributed by atoms with Gasteiger partial charge in [0, 0.05) is 22.9 Å². The first-order valence-corrected chi connectivity index (χ1v) is 11.3. The second kappa shape index (κ2) is 11.1. The van der Waals surface area contributed by atoms with Gasteiger partial charge in [-0.1, -0.05) is 42.3 Å². The van der Waals surface area contributed by atoms with Crippen LogP contribution in [0.5, 0.6) is 5.75 Å². The number of fused-ring (bicyclic) bond motifs is 1. The average molecular weight is 468 g/mol. The Morgan fingerprint density at radius 1 is 1.11 bits per heavy atom. The van der Waals surface area contributed by atoms with Crippen LogP contribution >= 0.6 is 0 Å². The van der Waals surface area contributed by atoms with E-state index in [1.54, 1.807) is 30.5 Å². The smallest absolute Gasteiger partial charge is 0.307 e. The van der Waals surface area contributed by atoms with Crippen molar-refractivity contribution in [2.45, 2.75) is 32.8 Å². The highest BCUT2D eigenvalue weighted by Gasteiger charge is 2.15. The number of rotatable bonds is 9. The van der Waals surface area contributed by atoms with Crippen LogP contribution in [0, 0.1) is 11.8 Å². The van der Waals surface area contributed by atoms with Crippen molar-refractivity contribution in [3.63, 3.8) is 0 Å². The molecule has 2 aromatic carbocycles. The Balaban J connectivity index is 1.51. The number of esters is 1. The third-order valence-corrected chi connectivity index (χ3v) is 5.50. The monoisotopic (exact) mass is 467 g/mol. The van der Waals surface area contributed by atoms with Gasteiger partial charge in [0.2, 0.25) is 0 Å². The molecule has 7 nitrogen and oxygen atoms in total. The van der Waals surface area contributed by atoms with Crippen LogP contribution in [0.4, 0.5) is 0 Å². The van der Waals surface area contributed by atoms with Crippen LogP contribution in [0.15, 0.2) is 67.1 Å². The molecule has 0 N–H and O–H groups in total. The van der Waals surface area contributed by atoms with Crippen LogP contribution in [0.3, 0.4) is 0 Å². The lowest BCUT2D eigenvalue weighted by molar-refractivity contribution is -0.143. The molecule has 2 aromatic heterocycles.